The highest BCUT2D eigenvalue weighted by molar-refractivity contribution is 5.90. The Morgan fingerprint density at radius 3 is 2.27 bits per heavy atom. The molecule has 0 saturated carbocycles. The van der Waals surface area contributed by atoms with E-state index < -0.39 is 0 Å². The van der Waals surface area contributed by atoms with Gasteiger partial charge in [-0.1, -0.05) is 85.9 Å². The van der Waals surface area contributed by atoms with Crippen molar-refractivity contribution in [3.63, 3.8) is 0 Å². The number of carbonyl (C=O) groups is 1. The van der Waals surface area contributed by atoms with Crippen LogP contribution in [0.2, 0.25) is 0 Å². The molecule has 0 spiro atoms. The van der Waals surface area contributed by atoms with Crippen LogP contribution >= 0.6 is 0 Å². The van der Waals surface area contributed by atoms with Crippen molar-refractivity contribution in [1.29, 1.82) is 0 Å². The van der Waals surface area contributed by atoms with Gasteiger partial charge in [-0.05, 0) is 71.3 Å². The van der Waals surface area contributed by atoms with Crippen molar-refractivity contribution in [2.45, 2.75) is 32.6 Å². The molecule has 0 aromatic heterocycles. The van der Waals surface area contributed by atoms with Crippen LogP contribution in [0, 0.1) is 18.8 Å². The maximum Gasteiger partial charge on any atom is 0.337 e. The minimum atomic E-state index is -0.325. The first kappa shape index (κ1) is 22.4. The number of aryl methyl sites for hydroxylation is 1. The Morgan fingerprint density at radius 1 is 0.909 bits per heavy atom. The number of carbonyl (C=O) groups excluding carboxylic acids is 1. The van der Waals surface area contributed by atoms with Gasteiger partial charge in [0.15, 0.2) is 0 Å². The lowest BCUT2D eigenvalue weighted by Gasteiger charge is -2.31. The minimum Gasteiger partial charge on any atom is -0.465 e. The van der Waals surface area contributed by atoms with Gasteiger partial charge in [0.1, 0.15) is 0 Å². The number of benzene rings is 3. The molecular weight excluding hydrogens is 404 g/mol. The number of hydrogen-bond acceptors (Lipinski definition) is 2. The summed E-state index contributed by atoms with van der Waals surface area (Å²) < 4.78 is 4.77. The van der Waals surface area contributed by atoms with E-state index in [1.54, 1.807) is 12.1 Å². The van der Waals surface area contributed by atoms with E-state index in [1.807, 2.05) is 12.1 Å². The second kappa shape index (κ2) is 9.35. The summed E-state index contributed by atoms with van der Waals surface area (Å²) in [5.41, 5.74) is 8.65. The van der Waals surface area contributed by atoms with Crippen molar-refractivity contribution in [2.24, 2.45) is 0 Å². The van der Waals surface area contributed by atoms with Gasteiger partial charge in [0.05, 0.1) is 12.7 Å². The van der Waals surface area contributed by atoms with Crippen molar-refractivity contribution in [3.8, 4) is 11.8 Å². The summed E-state index contributed by atoms with van der Waals surface area (Å²) >= 11 is 0. The van der Waals surface area contributed by atoms with Crippen LogP contribution in [0.4, 0.5) is 0 Å². The molecule has 3 aromatic carbocycles. The average Bonchev–Trinajstić information content (AvgIpc) is 2.83. The van der Waals surface area contributed by atoms with Gasteiger partial charge in [-0.2, -0.15) is 0 Å². The molecular formula is C31H28O2. The zero-order chi connectivity index (χ0) is 23.4. The number of fused-ring (bicyclic) bond motifs is 1. The molecule has 0 aliphatic heterocycles. The molecule has 0 atom stereocenters. The summed E-state index contributed by atoms with van der Waals surface area (Å²) in [7, 11) is 1.39. The number of allylic oxidation sites excluding steroid dienone is 2. The van der Waals surface area contributed by atoms with Crippen molar-refractivity contribution < 1.29 is 9.53 Å². The lowest BCUT2D eigenvalue weighted by Crippen LogP contribution is -2.21. The highest BCUT2D eigenvalue weighted by Crippen LogP contribution is 2.39. The molecule has 0 amide bonds. The van der Waals surface area contributed by atoms with Crippen LogP contribution in [0.15, 0.2) is 72.8 Å². The highest BCUT2D eigenvalue weighted by Gasteiger charge is 2.27. The van der Waals surface area contributed by atoms with Gasteiger partial charge in [-0.25, -0.2) is 4.79 Å². The van der Waals surface area contributed by atoms with E-state index in [2.05, 4.69) is 93.3 Å². The first-order chi connectivity index (χ1) is 15.9. The quantitative estimate of drug-likeness (QED) is 0.251. The van der Waals surface area contributed by atoms with Crippen LogP contribution in [0.5, 0.6) is 0 Å². The smallest absolute Gasteiger partial charge is 0.337 e. The highest BCUT2D eigenvalue weighted by atomic mass is 16.5. The average molecular weight is 433 g/mol. The summed E-state index contributed by atoms with van der Waals surface area (Å²) in [5, 5.41) is 0. The van der Waals surface area contributed by atoms with E-state index in [4.69, 9.17) is 4.74 Å². The first-order valence-corrected chi connectivity index (χ1v) is 11.2. The SMILES string of the molecule is COC(=O)c1ccc(/C=C/c2ccc3c(c2)C(C#Cc2ccc(C)cc2)=CCC3(C)C)cc1. The molecule has 4 rings (SSSR count). The van der Waals surface area contributed by atoms with Crippen LogP contribution in [0.3, 0.4) is 0 Å². The van der Waals surface area contributed by atoms with Gasteiger partial charge in [0.2, 0.25) is 0 Å². The Balaban J connectivity index is 1.63. The zero-order valence-corrected chi connectivity index (χ0v) is 19.6. The largest absolute Gasteiger partial charge is 0.465 e. The number of esters is 1. The molecule has 1 aliphatic carbocycles. The Hall–Kier alpha value is -3.83. The van der Waals surface area contributed by atoms with Crippen LogP contribution < -0.4 is 0 Å². The first-order valence-electron chi connectivity index (χ1n) is 11.2. The molecule has 0 radical (unpaired) electrons. The molecule has 164 valence electrons. The maximum atomic E-state index is 11.6. The van der Waals surface area contributed by atoms with Gasteiger partial charge in [-0.15, -0.1) is 0 Å². The summed E-state index contributed by atoms with van der Waals surface area (Å²) in [6.07, 6.45) is 7.39. The predicted molar refractivity (Wildman–Crippen MR) is 137 cm³/mol. The Bertz CT molecular complexity index is 1290. The van der Waals surface area contributed by atoms with E-state index in [0.29, 0.717) is 5.56 Å². The third-order valence-corrected chi connectivity index (χ3v) is 6.07. The van der Waals surface area contributed by atoms with E-state index in [-0.39, 0.29) is 11.4 Å². The topological polar surface area (TPSA) is 26.3 Å². The molecule has 0 fully saturated rings. The molecule has 2 heteroatoms. The molecule has 0 heterocycles. The molecule has 2 nitrogen and oxygen atoms in total. The number of ether oxygens (including phenoxy) is 1. The number of rotatable bonds is 3. The molecule has 0 saturated heterocycles. The Kier molecular flexibility index (Phi) is 6.33. The van der Waals surface area contributed by atoms with Crippen molar-refractivity contribution in [2.75, 3.05) is 7.11 Å². The lowest BCUT2D eigenvalue weighted by molar-refractivity contribution is 0.0600. The molecule has 1 aliphatic rings. The monoisotopic (exact) mass is 432 g/mol. The molecule has 0 unspecified atom stereocenters. The third-order valence-electron chi connectivity index (χ3n) is 6.07. The minimum absolute atomic E-state index is 0.0797. The second-order valence-corrected chi connectivity index (χ2v) is 9.07. The van der Waals surface area contributed by atoms with E-state index in [0.717, 1.165) is 28.7 Å². The maximum absolute atomic E-state index is 11.6. The van der Waals surface area contributed by atoms with E-state index in [9.17, 15) is 4.79 Å². The molecule has 0 N–H and O–H groups in total. The van der Waals surface area contributed by atoms with Gasteiger partial charge in [0, 0.05) is 11.1 Å². The summed E-state index contributed by atoms with van der Waals surface area (Å²) in [5.74, 6) is 6.43. The fraction of sp³-hybridized carbons (Fsp3) is 0.194. The molecule has 0 bridgehead atoms. The normalized spacial score (nSPS) is 14.1. The fourth-order valence-electron chi connectivity index (χ4n) is 3.99. The summed E-state index contributed by atoms with van der Waals surface area (Å²) in [4.78, 5) is 11.6. The van der Waals surface area contributed by atoms with Crippen LogP contribution in [0.1, 0.15) is 64.0 Å². The molecule has 3 aromatic rings. The van der Waals surface area contributed by atoms with Gasteiger partial charge in [0.25, 0.3) is 0 Å². The van der Waals surface area contributed by atoms with Gasteiger partial charge >= 0.3 is 5.97 Å². The predicted octanol–water partition coefficient (Wildman–Crippen LogP) is 7.07. The summed E-state index contributed by atoms with van der Waals surface area (Å²) in [6.45, 7) is 6.65. The Morgan fingerprint density at radius 2 is 1.58 bits per heavy atom. The van der Waals surface area contributed by atoms with Crippen LogP contribution in [0.25, 0.3) is 17.7 Å². The van der Waals surface area contributed by atoms with E-state index >= 15 is 0 Å². The zero-order valence-electron chi connectivity index (χ0n) is 19.6. The van der Waals surface area contributed by atoms with Crippen molar-refractivity contribution in [3.05, 3.63) is 112 Å². The van der Waals surface area contributed by atoms with Crippen molar-refractivity contribution >= 4 is 23.7 Å². The van der Waals surface area contributed by atoms with E-state index in [1.165, 1.54) is 23.8 Å². The second-order valence-electron chi connectivity index (χ2n) is 9.07. The third kappa shape index (κ3) is 5.16. The van der Waals surface area contributed by atoms with Gasteiger partial charge in [-0.3, -0.25) is 0 Å². The number of hydrogen-bond donors (Lipinski definition) is 0. The lowest BCUT2D eigenvalue weighted by atomic mass is 9.73. The van der Waals surface area contributed by atoms with Crippen LogP contribution in [-0.4, -0.2) is 13.1 Å². The van der Waals surface area contributed by atoms with Gasteiger partial charge < -0.3 is 4.74 Å². The van der Waals surface area contributed by atoms with Crippen LogP contribution in [-0.2, 0) is 10.2 Å². The number of methoxy groups -OCH3 is 1. The fourth-order valence-corrected chi connectivity index (χ4v) is 3.99. The Labute approximate surface area is 196 Å². The molecule has 33 heavy (non-hydrogen) atoms. The summed E-state index contributed by atoms with van der Waals surface area (Å²) in [6, 6.07) is 22.4. The van der Waals surface area contributed by atoms with Crippen molar-refractivity contribution in [1.82, 2.24) is 0 Å². The standard InChI is InChI=1S/C31H28O2/c1-22-5-7-23(8-6-22)11-15-26-19-20-31(2,3)29-18-14-25(21-28(26)29)10-9-24-12-16-27(17-13-24)30(32)33-4/h5-10,12-14,16-19,21H,20H2,1-4H3/b10-9+.